The molecule has 72 valence electrons. The Morgan fingerprint density at radius 2 is 2.38 bits per heavy atom. The maximum absolute atomic E-state index is 12.7. The third-order valence-electron chi connectivity index (χ3n) is 1.95. The fourth-order valence-electron chi connectivity index (χ4n) is 1.34. The molecule has 1 atom stereocenters. The van der Waals surface area contributed by atoms with Gasteiger partial charge in [0.15, 0.2) is 5.82 Å². The van der Waals surface area contributed by atoms with Crippen molar-refractivity contribution in [2.75, 3.05) is 6.54 Å². The summed E-state index contributed by atoms with van der Waals surface area (Å²) in [5.41, 5.74) is 0. The molecule has 0 radical (unpaired) electrons. The highest BCUT2D eigenvalue weighted by Crippen LogP contribution is 2.32. The number of nitrogens with zero attached hydrogens (tertiary/aromatic N) is 2. The third-order valence-corrected chi connectivity index (χ3v) is 1.95. The number of aryl methyl sites for hydroxylation is 1. The van der Waals surface area contributed by atoms with Crippen LogP contribution < -0.4 is 5.32 Å². The molecule has 2 rings (SSSR count). The summed E-state index contributed by atoms with van der Waals surface area (Å²) in [5.74, 6) is -1.95. The molecule has 1 fully saturated rings. The summed E-state index contributed by atoms with van der Waals surface area (Å²) >= 11 is 0. The van der Waals surface area contributed by atoms with Gasteiger partial charge in [0.2, 0.25) is 5.89 Å². The van der Waals surface area contributed by atoms with Crippen LogP contribution in [0.1, 0.15) is 24.2 Å². The van der Waals surface area contributed by atoms with E-state index in [9.17, 15) is 8.78 Å². The Kier molecular flexibility index (Phi) is 1.80. The standard InChI is InChI=1S/C7H9F2N3O/c1-4-11-6(13-12-4)5-2-7(8,9)3-10-5/h5,10H,2-3H2,1H3/t5-/m1/s1. The lowest BCUT2D eigenvalue weighted by Crippen LogP contribution is -2.19. The molecule has 2 heterocycles. The van der Waals surface area contributed by atoms with Gasteiger partial charge in [-0.3, -0.25) is 5.32 Å². The molecular weight excluding hydrogens is 180 g/mol. The van der Waals surface area contributed by atoms with Crippen LogP contribution in [-0.4, -0.2) is 22.6 Å². The molecule has 6 heteroatoms. The van der Waals surface area contributed by atoms with Crippen LogP contribution in [0.2, 0.25) is 0 Å². The molecule has 0 aliphatic carbocycles. The lowest BCUT2D eigenvalue weighted by atomic mass is 10.2. The lowest BCUT2D eigenvalue weighted by Gasteiger charge is -2.04. The summed E-state index contributed by atoms with van der Waals surface area (Å²) in [6.07, 6.45) is -0.269. The second-order valence-electron chi connectivity index (χ2n) is 3.17. The average Bonchev–Trinajstić information content (AvgIpc) is 2.56. The maximum atomic E-state index is 12.7. The van der Waals surface area contributed by atoms with E-state index < -0.39 is 12.0 Å². The number of halogens is 2. The van der Waals surface area contributed by atoms with Crippen LogP contribution in [0.15, 0.2) is 4.52 Å². The number of aromatic nitrogens is 2. The Labute approximate surface area is 73.3 Å². The zero-order valence-electron chi connectivity index (χ0n) is 7.05. The maximum Gasteiger partial charge on any atom is 0.262 e. The smallest absolute Gasteiger partial charge is 0.262 e. The van der Waals surface area contributed by atoms with E-state index in [1.54, 1.807) is 6.92 Å². The molecule has 0 unspecified atom stereocenters. The fourth-order valence-corrected chi connectivity index (χ4v) is 1.34. The quantitative estimate of drug-likeness (QED) is 0.717. The molecule has 0 amide bonds. The van der Waals surface area contributed by atoms with Gasteiger partial charge in [-0.1, -0.05) is 5.16 Å². The van der Waals surface area contributed by atoms with Crippen molar-refractivity contribution in [3.8, 4) is 0 Å². The SMILES string of the molecule is Cc1noc([C@H]2CC(F)(F)CN2)n1. The van der Waals surface area contributed by atoms with E-state index >= 15 is 0 Å². The molecule has 1 saturated heterocycles. The largest absolute Gasteiger partial charge is 0.338 e. The van der Waals surface area contributed by atoms with Crippen LogP contribution >= 0.6 is 0 Å². The Morgan fingerprint density at radius 1 is 1.62 bits per heavy atom. The Hall–Kier alpha value is -1.04. The molecule has 1 aliphatic rings. The van der Waals surface area contributed by atoms with Gasteiger partial charge in [0.05, 0.1) is 12.6 Å². The highest BCUT2D eigenvalue weighted by Gasteiger charge is 2.42. The van der Waals surface area contributed by atoms with E-state index in [-0.39, 0.29) is 18.9 Å². The first kappa shape index (κ1) is 8.55. The Balaban J connectivity index is 2.12. The normalized spacial score (nSPS) is 26.5. The third kappa shape index (κ3) is 1.67. The lowest BCUT2D eigenvalue weighted by molar-refractivity contribution is 0.0200. The van der Waals surface area contributed by atoms with Gasteiger partial charge < -0.3 is 4.52 Å². The van der Waals surface area contributed by atoms with Gasteiger partial charge in [-0.2, -0.15) is 4.98 Å². The first-order valence-corrected chi connectivity index (χ1v) is 3.98. The minimum absolute atomic E-state index is 0.245. The van der Waals surface area contributed by atoms with E-state index in [4.69, 9.17) is 4.52 Å². The second kappa shape index (κ2) is 2.73. The molecule has 1 aromatic heterocycles. The van der Waals surface area contributed by atoms with Gasteiger partial charge >= 0.3 is 0 Å². The summed E-state index contributed by atoms with van der Waals surface area (Å²) < 4.78 is 30.3. The fraction of sp³-hybridized carbons (Fsp3) is 0.714. The molecule has 1 aliphatic heterocycles. The summed E-state index contributed by atoms with van der Waals surface area (Å²) in [6.45, 7) is 1.33. The van der Waals surface area contributed by atoms with Crippen molar-refractivity contribution in [3.63, 3.8) is 0 Å². The summed E-state index contributed by atoms with van der Waals surface area (Å²) in [4.78, 5) is 3.88. The van der Waals surface area contributed by atoms with Crippen molar-refractivity contribution in [2.24, 2.45) is 0 Å². The van der Waals surface area contributed by atoms with Crippen LogP contribution in [0, 0.1) is 6.92 Å². The van der Waals surface area contributed by atoms with Crippen molar-refractivity contribution in [2.45, 2.75) is 25.3 Å². The summed E-state index contributed by atoms with van der Waals surface area (Å²) in [5, 5.41) is 6.17. The number of hydrogen-bond acceptors (Lipinski definition) is 4. The first-order chi connectivity index (χ1) is 6.07. The second-order valence-corrected chi connectivity index (χ2v) is 3.17. The number of alkyl halides is 2. The molecule has 0 aromatic carbocycles. The van der Waals surface area contributed by atoms with Crippen LogP contribution in [0.4, 0.5) is 8.78 Å². The molecule has 1 aromatic rings. The number of rotatable bonds is 1. The van der Waals surface area contributed by atoms with Crippen LogP contribution in [0.5, 0.6) is 0 Å². The van der Waals surface area contributed by atoms with Gasteiger partial charge in [0.25, 0.3) is 5.92 Å². The first-order valence-electron chi connectivity index (χ1n) is 3.98. The Morgan fingerprint density at radius 3 is 2.85 bits per heavy atom. The zero-order chi connectivity index (χ0) is 9.47. The topological polar surface area (TPSA) is 51.0 Å². The number of hydrogen-bond donors (Lipinski definition) is 1. The van der Waals surface area contributed by atoms with Crippen LogP contribution in [-0.2, 0) is 0 Å². The van der Waals surface area contributed by atoms with E-state index in [1.165, 1.54) is 0 Å². The molecule has 13 heavy (non-hydrogen) atoms. The zero-order valence-corrected chi connectivity index (χ0v) is 7.05. The molecule has 0 spiro atoms. The number of nitrogens with one attached hydrogen (secondary N) is 1. The minimum Gasteiger partial charge on any atom is -0.338 e. The Bertz CT molecular complexity index is 312. The van der Waals surface area contributed by atoms with Gasteiger partial charge in [-0.15, -0.1) is 0 Å². The predicted molar refractivity (Wildman–Crippen MR) is 39.3 cm³/mol. The average molecular weight is 189 g/mol. The van der Waals surface area contributed by atoms with E-state index in [2.05, 4.69) is 15.5 Å². The summed E-state index contributed by atoms with van der Waals surface area (Å²) in [6, 6.07) is -0.504. The molecule has 1 N–H and O–H groups in total. The summed E-state index contributed by atoms with van der Waals surface area (Å²) in [7, 11) is 0. The van der Waals surface area contributed by atoms with E-state index in [1.807, 2.05) is 0 Å². The van der Waals surface area contributed by atoms with Gasteiger partial charge in [0.1, 0.15) is 0 Å². The van der Waals surface area contributed by atoms with Crippen molar-refractivity contribution in [1.82, 2.24) is 15.5 Å². The monoisotopic (exact) mass is 189 g/mol. The highest BCUT2D eigenvalue weighted by molar-refractivity contribution is 4.98. The van der Waals surface area contributed by atoms with Crippen molar-refractivity contribution >= 4 is 0 Å². The molecule has 4 nitrogen and oxygen atoms in total. The molecular formula is C7H9F2N3O. The van der Waals surface area contributed by atoms with Gasteiger partial charge in [-0.25, -0.2) is 8.78 Å². The molecule has 0 saturated carbocycles. The van der Waals surface area contributed by atoms with E-state index in [0.29, 0.717) is 5.82 Å². The minimum atomic E-state index is -2.66. The van der Waals surface area contributed by atoms with Gasteiger partial charge in [0, 0.05) is 6.42 Å². The molecule has 0 bridgehead atoms. The van der Waals surface area contributed by atoms with Crippen LogP contribution in [0.3, 0.4) is 0 Å². The highest BCUT2D eigenvalue weighted by atomic mass is 19.3. The van der Waals surface area contributed by atoms with Crippen molar-refractivity contribution in [1.29, 1.82) is 0 Å². The predicted octanol–water partition coefficient (Wildman–Crippen LogP) is 1.05. The van der Waals surface area contributed by atoms with Crippen molar-refractivity contribution in [3.05, 3.63) is 11.7 Å². The van der Waals surface area contributed by atoms with Crippen molar-refractivity contribution < 1.29 is 13.3 Å². The van der Waals surface area contributed by atoms with Gasteiger partial charge in [-0.05, 0) is 6.92 Å². The van der Waals surface area contributed by atoms with E-state index in [0.717, 1.165) is 0 Å². The van der Waals surface area contributed by atoms with Crippen LogP contribution in [0.25, 0.3) is 0 Å².